The third-order valence-corrected chi connectivity index (χ3v) is 8.02. The van der Waals surface area contributed by atoms with Gasteiger partial charge in [0, 0.05) is 34.9 Å². The summed E-state index contributed by atoms with van der Waals surface area (Å²) >= 11 is 3.46. The van der Waals surface area contributed by atoms with Crippen molar-refractivity contribution >= 4 is 59.9 Å². The van der Waals surface area contributed by atoms with Crippen molar-refractivity contribution in [2.24, 2.45) is 4.99 Å². The summed E-state index contributed by atoms with van der Waals surface area (Å²) in [5.41, 5.74) is 4.33. The summed E-state index contributed by atoms with van der Waals surface area (Å²) in [4.78, 5) is 21.0. The molecular weight excluding hydrogens is 596 g/mol. The maximum Gasteiger partial charge on any atom is 0.303 e. The second-order valence-electron chi connectivity index (χ2n) is 9.75. The minimum absolute atomic E-state index is 0.00554. The molecule has 3 aromatic carbocycles. The molecular formula is C29H31BrN4O5S. The van der Waals surface area contributed by atoms with Gasteiger partial charge in [-0.2, -0.15) is 0 Å². The van der Waals surface area contributed by atoms with E-state index in [4.69, 9.17) is 10.1 Å². The van der Waals surface area contributed by atoms with E-state index in [1.807, 2.05) is 61.5 Å². The van der Waals surface area contributed by atoms with E-state index >= 15 is 0 Å². The molecule has 1 aromatic heterocycles. The molecule has 40 heavy (non-hydrogen) atoms. The van der Waals surface area contributed by atoms with Gasteiger partial charge in [0.05, 0.1) is 34.4 Å². The van der Waals surface area contributed by atoms with Crippen LogP contribution in [0.25, 0.3) is 10.9 Å². The maximum atomic E-state index is 12.5. The number of aliphatic carboxylic acids is 1. The van der Waals surface area contributed by atoms with E-state index in [-0.39, 0.29) is 12.3 Å². The van der Waals surface area contributed by atoms with Gasteiger partial charge in [0.2, 0.25) is 10.0 Å². The van der Waals surface area contributed by atoms with Crippen molar-refractivity contribution in [2.45, 2.75) is 12.8 Å². The van der Waals surface area contributed by atoms with E-state index in [1.165, 1.54) is 10.6 Å². The lowest BCUT2D eigenvalue weighted by atomic mass is 9.98. The van der Waals surface area contributed by atoms with Crippen molar-refractivity contribution in [3.05, 3.63) is 87.9 Å². The normalized spacial score (nSPS) is 12.3. The number of nitrogens with one attached hydrogen (secondary N) is 1. The van der Waals surface area contributed by atoms with Gasteiger partial charge in [-0.15, -0.1) is 0 Å². The molecule has 4 rings (SSSR count). The molecule has 11 heteroatoms. The van der Waals surface area contributed by atoms with Gasteiger partial charge >= 0.3 is 5.97 Å². The number of carboxylic acids is 1. The highest BCUT2D eigenvalue weighted by Gasteiger charge is 2.20. The summed E-state index contributed by atoms with van der Waals surface area (Å²) in [6, 6.07) is 19.9. The van der Waals surface area contributed by atoms with E-state index in [9.17, 15) is 18.3 Å². The molecule has 0 saturated carbocycles. The number of aromatic amines is 1. The molecule has 9 nitrogen and oxygen atoms in total. The number of nitrogens with zero attached hydrogens (tertiary/aromatic N) is 3. The SMILES string of the molecule is CN(C)CCN(c1ccc(N=C(c2cccc(CCC(=O)O)c2)c2c(O)[nH]c3cc(Br)ccc23)cc1)S(C)(=O)=O. The van der Waals surface area contributed by atoms with Crippen molar-refractivity contribution in [3.8, 4) is 5.88 Å². The van der Waals surface area contributed by atoms with Crippen LogP contribution >= 0.6 is 15.9 Å². The number of H-pyrrole nitrogens is 1. The number of carbonyl (C=O) groups is 1. The van der Waals surface area contributed by atoms with E-state index in [0.29, 0.717) is 47.7 Å². The first kappa shape index (κ1) is 29.3. The number of fused-ring (bicyclic) bond motifs is 1. The molecule has 0 aliphatic rings. The summed E-state index contributed by atoms with van der Waals surface area (Å²) in [7, 11) is 0.279. The second-order valence-corrected chi connectivity index (χ2v) is 12.6. The van der Waals surface area contributed by atoms with E-state index in [0.717, 1.165) is 20.9 Å². The molecule has 0 spiro atoms. The Morgan fingerprint density at radius 3 is 2.40 bits per heavy atom. The van der Waals surface area contributed by atoms with E-state index < -0.39 is 16.0 Å². The average molecular weight is 628 g/mol. The Hall–Kier alpha value is -3.67. The molecule has 0 atom stereocenters. The Labute approximate surface area is 242 Å². The van der Waals surface area contributed by atoms with Crippen LogP contribution in [0.4, 0.5) is 11.4 Å². The van der Waals surface area contributed by atoms with Crippen LogP contribution in [0.1, 0.15) is 23.1 Å². The molecule has 4 aromatic rings. The van der Waals surface area contributed by atoms with Crippen molar-refractivity contribution in [1.29, 1.82) is 0 Å². The summed E-state index contributed by atoms with van der Waals surface area (Å²) < 4.78 is 27.1. The number of rotatable bonds is 11. The molecule has 210 valence electrons. The molecule has 0 amide bonds. The zero-order valence-corrected chi connectivity index (χ0v) is 24.8. The van der Waals surface area contributed by atoms with Gasteiger partial charge in [-0.3, -0.25) is 9.10 Å². The number of aliphatic imine (C=N–C) groups is 1. The minimum Gasteiger partial charge on any atom is -0.494 e. The van der Waals surface area contributed by atoms with Gasteiger partial charge in [-0.1, -0.05) is 40.2 Å². The smallest absolute Gasteiger partial charge is 0.303 e. The number of anilines is 1. The maximum absolute atomic E-state index is 12.5. The molecule has 0 fully saturated rings. The summed E-state index contributed by atoms with van der Waals surface area (Å²) in [5.74, 6) is -0.931. The predicted octanol–water partition coefficient (Wildman–Crippen LogP) is 5.15. The minimum atomic E-state index is -3.49. The van der Waals surface area contributed by atoms with Gasteiger partial charge in [0.15, 0.2) is 5.88 Å². The first-order chi connectivity index (χ1) is 18.9. The first-order valence-electron chi connectivity index (χ1n) is 12.6. The Morgan fingerprint density at radius 2 is 1.75 bits per heavy atom. The Morgan fingerprint density at radius 1 is 1.02 bits per heavy atom. The zero-order valence-electron chi connectivity index (χ0n) is 22.4. The fourth-order valence-corrected chi connectivity index (χ4v) is 5.66. The van der Waals surface area contributed by atoms with Crippen LogP contribution < -0.4 is 4.31 Å². The number of aromatic nitrogens is 1. The van der Waals surface area contributed by atoms with Crippen molar-refractivity contribution in [2.75, 3.05) is 37.7 Å². The fourth-order valence-electron chi connectivity index (χ4n) is 4.39. The lowest BCUT2D eigenvalue weighted by Gasteiger charge is -2.24. The number of hydrogen-bond acceptors (Lipinski definition) is 6. The third-order valence-electron chi connectivity index (χ3n) is 6.33. The van der Waals surface area contributed by atoms with Crippen molar-refractivity contribution < 1.29 is 23.4 Å². The van der Waals surface area contributed by atoms with Crippen LogP contribution in [0, 0.1) is 0 Å². The Kier molecular flexibility index (Phi) is 8.97. The van der Waals surface area contributed by atoms with Crippen LogP contribution in [-0.4, -0.2) is 73.6 Å². The van der Waals surface area contributed by atoms with E-state index in [1.54, 1.807) is 24.3 Å². The largest absolute Gasteiger partial charge is 0.494 e. The summed E-state index contributed by atoms with van der Waals surface area (Å²) in [5, 5.41) is 20.9. The molecule has 0 aliphatic carbocycles. The third kappa shape index (κ3) is 7.09. The van der Waals surface area contributed by atoms with Gasteiger partial charge < -0.3 is 20.1 Å². The van der Waals surface area contributed by atoms with Crippen LogP contribution in [0.5, 0.6) is 5.88 Å². The topological polar surface area (TPSA) is 126 Å². The lowest BCUT2D eigenvalue weighted by molar-refractivity contribution is -0.136. The molecule has 1 heterocycles. The van der Waals surface area contributed by atoms with Crippen molar-refractivity contribution in [1.82, 2.24) is 9.88 Å². The number of halogens is 1. The Balaban J connectivity index is 1.82. The molecule has 0 aliphatic heterocycles. The number of carboxylic acid groups (broad SMARTS) is 1. The number of benzene rings is 3. The fraction of sp³-hybridized carbons (Fsp3) is 0.241. The monoisotopic (exact) mass is 626 g/mol. The quantitative estimate of drug-likeness (QED) is 0.198. The van der Waals surface area contributed by atoms with Crippen LogP contribution in [0.15, 0.2) is 76.2 Å². The molecule has 0 radical (unpaired) electrons. The number of aromatic hydroxyl groups is 1. The number of likely N-dealkylation sites (N-methyl/N-ethyl adjacent to an activating group) is 1. The van der Waals surface area contributed by atoms with Gasteiger partial charge in [-0.25, -0.2) is 13.4 Å². The standard InChI is InChI=1S/C29H31BrN4O5S/c1-33(2)15-16-34(40(3,38)39)23-11-9-22(10-12-23)31-28(20-6-4-5-19(17-20)7-14-26(35)36)27-24-13-8-21(30)18-25(24)32-29(27)37/h4-6,8-13,17-18,32,37H,7,14-16H2,1-3H3,(H,35,36). The zero-order chi connectivity index (χ0) is 29.0. The molecule has 0 bridgehead atoms. The molecule has 0 unspecified atom stereocenters. The second kappa shape index (κ2) is 12.2. The van der Waals surface area contributed by atoms with Crippen LogP contribution in [0.3, 0.4) is 0 Å². The van der Waals surface area contributed by atoms with Crippen LogP contribution in [-0.2, 0) is 21.2 Å². The van der Waals surface area contributed by atoms with Crippen molar-refractivity contribution in [3.63, 3.8) is 0 Å². The summed E-state index contributed by atoms with van der Waals surface area (Å²) in [6.07, 6.45) is 1.53. The van der Waals surface area contributed by atoms with Crippen LogP contribution in [0.2, 0.25) is 0 Å². The highest BCUT2D eigenvalue weighted by molar-refractivity contribution is 9.10. The highest BCUT2D eigenvalue weighted by Crippen LogP contribution is 2.33. The number of hydrogen-bond donors (Lipinski definition) is 3. The number of aryl methyl sites for hydroxylation is 1. The average Bonchev–Trinajstić information content (AvgIpc) is 3.20. The molecule has 3 N–H and O–H groups in total. The van der Waals surface area contributed by atoms with Gasteiger partial charge in [0.25, 0.3) is 0 Å². The first-order valence-corrected chi connectivity index (χ1v) is 15.2. The molecule has 0 saturated heterocycles. The lowest BCUT2D eigenvalue weighted by Crippen LogP contribution is -2.35. The number of sulfonamides is 1. The van der Waals surface area contributed by atoms with E-state index in [2.05, 4.69) is 20.9 Å². The highest BCUT2D eigenvalue weighted by atomic mass is 79.9. The van der Waals surface area contributed by atoms with Gasteiger partial charge in [-0.05, 0) is 68.5 Å². The predicted molar refractivity (Wildman–Crippen MR) is 163 cm³/mol. The van der Waals surface area contributed by atoms with Gasteiger partial charge in [0.1, 0.15) is 0 Å². The summed E-state index contributed by atoms with van der Waals surface area (Å²) in [6.45, 7) is 0.868. The Bertz CT molecular complexity index is 1660.